The quantitative estimate of drug-likeness (QED) is 0.804. The van der Waals surface area contributed by atoms with E-state index in [9.17, 15) is 4.79 Å². The van der Waals surface area contributed by atoms with E-state index in [1.165, 1.54) is 0 Å². The van der Waals surface area contributed by atoms with Crippen LogP contribution in [-0.4, -0.2) is 58.4 Å². The number of aryl methyl sites for hydroxylation is 1. The lowest BCUT2D eigenvalue weighted by Gasteiger charge is -2.30. The second-order valence-corrected chi connectivity index (χ2v) is 9.21. The van der Waals surface area contributed by atoms with Crippen LogP contribution in [0.1, 0.15) is 69.7 Å². The first-order valence-corrected chi connectivity index (χ1v) is 10.2. The van der Waals surface area contributed by atoms with Crippen LogP contribution in [0.25, 0.3) is 0 Å². The summed E-state index contributed by atoms with van der Waals surface area (Å²) in [6, 6.07) is 0. The van der Waals surface area contributed by atoms with Crippen molar-refractivity contribution in [1.82, 2.24) is 34.7 Å². The normalized spacial score (nSPS) is 22.7. The molecule has 1 saturated heterocycles. The maximum atomic E-state index is 12.7. The smallest absolute Gasteiger partial charge is 0.410 e. The Balaban J connectivity index is 1.32. The third kappa shape index (κ3) is 2.87. The highest BCUT2D eigenvalue weighted by atomic mass is 16.6. The second-order valence-electron chi connectivity index (χ2n) is 9.21. The summed E-state index contributed by atoms with van der Waals surface area (Å²) < 4.78 is 9.66. The molecule has 2 aliphatic heterocycles. The molecule has 3 aliphatic rings. The predicted molar refractivity (Wildman–Crippen MR) is 99.7 cm³/mol. The first-order chi connectivity index (χ1) is 13.4. The molecule has 1 aliphatic carbocycles. The van der Waals surface area contributed by atoms with Crippen molar-refractivity contribution < 1.29 is 9.53 Å². The molecule has 0 aromatic carbocycles. The molecular weight excluding hydrogens is 358 g/mol. The summed E-state index contributed by atoms with van der Waals surface area (Å²) in [5.74, 6) is 2.22. The van der Waals surface area contributed by atoms with Crippen LogP contribution >= 0.6 is 0 Å². The molecule has 1 spiro atoms. The monoisotopic (exact) mass is 385 g/mol. The molecule has 1 amide bonds. The Morgan fingerprint density at radius 2 is 2.07 bits per heavy atom. The fraction of sp³-hybridized carbons (Fsp3) is 0.737. The Morgan fingerprint density at radius 3 is 2.82 bits per heavy atom. The molecule has 2 aromatic heterocycles. The zero-order chi connectivity index (χ0) is 19.5. The van der Waals surface area contributed by atoms with Gasteiger partial charge in [-0.15, -0.1) is 15.3 Å². The van der Waals surface area contributed by atoms with Crippen LogP contribution in [0.4, 0.5) is 4.79 Å². The fourth-order valence-electron chi connectivity index (χ4n) is 4.72. The van der Waals surface area contributed by atoms with Gasteiger partial charge in [0, 0.05) is 31.6 Å². The van der Waals surface area contributed by atoms with Gasteiger partial charge in [0.2, 0.25) is 0 Å². The highest BCUT2D eigenvalue weighted by Gasteiger charge is 2.61. The van der Waals surface area contributed by atoms with Gasteiger partial charge in [-0.2, -0.15) is 0 Å². The molecule has 1 atom stereocenters. The minimum absolute atomic E-state index is 0.140. The average Bonchev–Trinajstić information content (AvgIpc) is 3.01. The number of carbonyl (C=O) groups is 1. The highest BCUT2D eigenvalue weighted by molar-refractivity contribution is 5.71. The molecule has 150 valence electrons. The zero-order valence-corrected chi connectivity index (χ0v) is 16.8. The topological polar surface area (TPSA) is 91.0 Å². The minimum atomic E-state index is -0.479. The van der Waals surface area contributed by atoms with Gasteiger partial charge >= 0.3 is 6.09 Å². The number of carbonyl (C=O) groups excluding carboxylic acids is 1. The van der Waals surface area contributed by atoms with Gasteiger partial charge in [-0.25, -0.2) is 9.48 Å². The number of hydrogen-bond acceptors (Lipinski definition) is 6. The molecule has 2 aromatic rings. The number of likely N-dealkylation sites (tertiary alicyclic amines) is 1. The Morgan fingerprint density at radius 1 is 1.25 bits per heavy atom. The summed E-state index contributed by atoms with van der Waals surface area (Å²) in [5.41, 5.74) is 0.344. The van der Waals surface area contributed by atoms with Gasteiger partial charge in [0.15, 0.2) is 5.82 Å². The summed E-state index contributed by atoms with van der Waals surface area (Å²) in [6.07, 6.45) is 6.84. The van der Waals surface area contributed by atoms with Crippen LogP contribution in [0.15, 0.2) is 6.20 Å². The number of hydrogen-bond donors (Lipinski definition) is 0. The summed E-state index contributed by atoms with van der Waals surface area (Å²) in [6.45, 7) is 8.00. The third-order valence-corrected chi connectivity index (χ3v) is 6.11. The predicted octanol–water partition coefficient (Wildman–Crippen LogP) is 2.12. The van der Waals surface area contributed by atoms with E-state index in [1.54, 1.807) is 0 Å². The number of nitrogens with zero attached hydrogens (tertiary/aromatic N) is 7. The standard InChI is InChI=1S/C19H27N7O2/c1-18(2,3)28-17(27)26-10-6-13(19(26)7-8-19)14-11-24(23-20-14)12-16-22-21-15-5-4-9-25(15)16/h11,13H,4-10,12H2,1-3H3. The summed E-state index contributed by atoms with van der Waals surface area (Å²) in [7, 11) is 0. The lowest BCUT2D eigenvalue weighted by Crippen LogP contribution is -2.42. The molecule has 0 N–H and O–H groups in total. The fourth-order valence-corrected chi connectivity index (χ4v) is 4.72. The molecule has 1 unspecified atom stereocenters. The van der Waals surface area contributed by atoms with E-state index in [4.69, 9.17) is 4.74 Å². The van der Waals surface area contributed by atoms with E-state index in [0.29, 0.717) is 13.1 Å². The van der Waals surface area contributed by atoms with Gasteiger partial charge in [0.05, 0.1) is 11.2 Å². The maximum Gasteiger partial charge on any atom is 0.410 e. The molecular formula is C19H27N7O2. The summed E-state index contributed by atoms with van der Waals surface area (Å²) in [5, 5.41) is 17.4. The molecule has 28 heavy (non-hydrogen) atoms. The molecule has 4 heterocycles. The number of amides is 1. The molecule has 0 bridgehead atoms. The van der Waals surface area contributed by atoms with Crippen molar-refractivity contribution in [2.75, 3.05) is 6.54 Å². The van der Waals surface area contributed by atoms with Gasteiger partial charge in [0.25, 0.3) is 0 Å². The van der Waals surface area contributed by atoms with Crippen LogP contribution in [0.2, 0.25) is 0 Å². The van der Waals surface area contributed by atoms with E-state index in [-0.39, 0.29) is 17.6 Å². The summed E-state index contributed by atoms with van der Waals surface area (Å²) >= 11 is 0. The molecule has 0 radical (unpaired) electrons. The second kappa shape index (κ2) is 6.02. The Kier molecular flexibility index (Phi) is 3.79. The minimum Gasteiger partial charge on any atom is -0.444 e. The van der Waals surface area contributed by atoms with Crippen molar-refractivity contribution in [2.24, 2.45) is 0 Å². The van der Waals surface area contributed by atoms with Crippen LogP contribution in [0.3, 0.4) is 0 Å². The Bertz CT molecular complexity index is 906. The maximum absolute atomic E-state index is 12.7. The van der Waals surface area contributed by atoms with Crippen LogP contribution in [0, 0.1) is 0 Å². The Labute approximate surface area is 164 Å². The number of aromatic nitrogens is 6. The van der Waals surface area contributed by atoms with Crippen molar-refractivity contribution in [3.8, 4) is 0 Å². The van der Waals surface area contributed by atoms with E-state index >= 15 is 0 Å². The first kappa shape index (κ1) is 17.6. The van der Waals surface area contributed by atoms with E-state index in [0.717, 1.165) is 56.0 Å². The lowest BCUT2D eigenvalue weighted by atomic mass is 9.95. The average molecular weight is 385 g/mol. The van der Waals surface area contributed by atoms with E-state index < -0.39 is 5.60 Å². The third-order valence-electron chi connectivity index (χ3n) is 6.11. The molecule has 2 fully saturated rings. The van der Waals surface area contributed by atoms with Crippen molar-refractivity contribution in [3.05, 3.63) is 23.5 Å². The van der Waals surface area contributed by atoms with Crippen molar-refractivity contribution in [3.63, 3.8) is 0 Å². The zero-order valence-electron chi connectivity index (χ0n) is 16.8. The number of ether oxygens (including phenoxy) is 1. The Hall–Kier alpha value is -2.45. The van der Waals surface area contributed by atoms with Gasteiger partial charge in [-0.05, 0) is 46.5 Å². The van der Waals surface area contributed by atoms with Gasteiger partial charge in [-0.3, -0.25) is 0 Å². The molecule has 5 rings (SSSR count). The van der Waals surface area contributed by atoms with Crippen LogP contribution in [0.5, 0.6) is 0 Å². The lowest BCUT2D eigenvalue weighted by molar-refractivity contribution is 0.0194. The molecule has 9 nitrogen and oxygen atoms in total. The number of fused-ring (bicyclic) bond motifs is 1. The number of rotatable bonds is 3. The molecule has 9 heteroatoms. The SMILES string of the molecule is CC(C)(C)OC(=O)N1CCC(c2cn(Cc3nnc4n3CCC4)nn2)C12CC2. The van der Waals surface area contributed by atoms with Crippen LogP contribution in [-0.2, 0) is 24.2 Å². The summed E-state index contributed by atoms with van der Waals surface area (Å²) in [4.78, 5) is 14.6. The van der Waals surface area contributed by atoms with Gasteiger partial charge in [0.1, 0.15) is 18.0 Å². The highest BCUT2D eigenvalue weighted by Crippen LogP contribution is 2.57. The van der Waals surface area contributed by atoms with Crippen molar-refractivity contribution in [2.45, 2.75) is 83.0 Å². The largest absolute Gasteiger partial charge is 0.444 e. The van der Waals surface area contributed by atoms with Crippen LogP contribution < -0.4 is 0 Å². The first-order valence-electron chi connectivity index (χ1n) is 10.2. The molecule has 1 saturated carbocycles. The van der Waals surface area contributed by atoms with E-state index in [1.807, 2.05) is 36.5 Å². The van der Waals surface area contributed by atoms with Crippen molar-refractivity contribution in [1.29, 1.82) is 0 Å². The van der Waals surface area contributed by atoms with Gasteiger partial charge < -0.3 is 14.2 Å². The van der Waals surface area contributed by atoms with Gasteiger partial charge in [-0.1, -0.05) is 5.21 Å². The van der Waals surface area contributed by atoms with Crippen molar-refractivity contribution >= 4 is 6.09 Å². The van der Waals surface area contributed by atoms with E-state index in [2.05, 4.69) is 25.1 Å².